The van der Waals surface area contributed by atoms with Gasteiger partial charge in [0.25, 0.3) is 5.91 Å². The molecule has 1 saturated heterocycles. The molecule has 3 rings (SSSR count). The predicted octanol–water partition coefficient (Wildman–Crippen LogP) is 1.43. The van der Waals surface area contributed by atoms with Crippen LogP contribution in [-0.4, -0.2) is 56.6 Å². The zero-order chi connectivity index (χ0) is 18.0. The molecule has 0 N–H and O–H groups in total. The van der Waals surface area contributed by atoms with Crippen LogP contribution in [0.5, 0.6) is 0 Å². The van der Waals surface area contributed by atoms with Crippen LogP contribution in [0.15, 0.2) is 30.5 Å². The molecule has 2 heterocycles. The van der Waals surface area contributed by atoms with Gasteiger partial charge >= 0.3 is 5.69 Å². The lowest BCUT2D eigenvalue weighted by Crippen LogP contribution is -2.48. The number of benzene rings is 1. The van der Waals surface area contributed by atoms with Gasteiger partial charge in [0.2, 0.25) is 5.69 Å². The molecule has 8 nitrogen and oxygen atoms in total. The van der Waals surface area contributed by atoms with E-state index < -0.39 is 10.8 Å². The highest BCUT2D eigenvalue weighted by Gasteiger charge is 2.31. The first-order valence-corrected chi connectivity index (χ1v) is 7.88. The highest BCUT2D eigenvalue weighted by molar-refractivity contribution is 5.96. The van der Waals surface area contributed by atoms with E-state index in [2.05, 4.69) is 10.00 Å². The Morgan fingerprint density at radius 1 is 1.32 bits per heavy atom. The number of carbonyl (C=O) groups excluding carboxylic acids is 1. The van der Waals surface area contributed by atoms with Crippen LogP contribution >= 0.6 is 0 Å². The van der Waals surface area contributed by atoms with Crippen molar-refractivity contribution in [3.8, 4) is 0 Å². The number of halogens is 1. The summed E-state index contributed by atoms with van der Waals surface area (Å²) in [4.78, 5) is 26.8. The molecule has 0 spiro atoms. The summed E-state index contributed by atoms with van der Waals surface area (Å²) >= 11 is 0. The van der Waals surface area contributed by atoms with Crippen LogP contribution in [0.3, 0.4) is 0 Å². The van der Waals surface area contributed by atoms with Gasteiger partial charge in [0.15, 0.2) is 0 Å². The number of nitrogens with zero attached hydrogens (tertiary/aromatic N) is 5. The number of aryl methyl sites for hydroxylation is 1. The standard InChI is InChI=1S/C16H18FN5O3/c1-19-15(14(10-18-19)22(24)25)16(23)21-7-5-20(6-8-21)11-12-3-2-4-13(17)9-12/h2-4,9-10H,5-8,11H2,1H3. The summed E-state index contributed by atoms with van der Waals surface area (Å²) in [6.07, 6.45) is 1.09. The normalized spacial score (nSPS) is 15.4. The molecule has 0 radical (unpaired) electrons. The first kappa shape index (κ1) is 17.0. The molecular formula is C16H18FN5O3. The van der Waals surface area contributed by atoms with Crippen molar-refractivity contribution in [2.45, 2.75) is 6.54 Å². The summed E-state index contributed by atoms with van der Waals surface area (Å²) in [7, 11) is 1.51. The monoisotopic (exact) mass is 347 g/mol. The van der Waals surface area contributed by atoms with Crippen molar-refractivity contribution in [2.24, 2.45) is 7.05 Å². The van der Waals surface area contributed by atoms with E-state index in [4.69, 9.17) is 0 Å². The Hall–Kier alpha value is -2.81. The highest BCUT2D eigenvalue weighted by atomic mass is 19.1. The van der Waals surface area contributed by atoms with E-state index in [0.717, 1.165) is 11.8 Å². The number of rotatable bonds is 4. The maximum atomic E-state index is 13.3. The zero-order valence-electron chi connectivity index (χ0n) is 13.8. The van der Waals surface area contributed by atoms with Crippen LogP contribution in [0.4, 0.5) is 10.1 Å². The third-order valence-electron chi connectivity index (χ3n) is 4.27. The number of nitro groups is 1. The molecule has 0 atom stereocenters. The summed E-state index contributed by atoms with van der Waals surface area (Å²) in [5, 5.41) is 14.9. The molecule has 0 unspecified atom stereocenters. The first-order chi connectivity index (χ1) is 12.0. The topological polar surface area (TPSA) is 84.5 Å². The largest absolute Gasteiger partial charge is 0.335 e. The van der Waals surface area contributed by atoms with Crippen molar-refractivity contribution in [1.82, 2.24) is 19.6 Å². The fourth-order valence-corrected chi connectivity index (χ4v) is 2.96. The average Bonchev–Trinajstić information content (AvgIpc) is 2.97. The lowest BCUT2D eigenvalue weighted by atomic mass is 10.2. The molecule has 0 bridgehead atoms. The van der Waals surface area contributed by atoms with E-state index >= 15 is 0 Å². The Labute approximate surface area is 143 Å². The third kappa shape index (κ3) is 3.66. The summed E-state index contributed by atoms with van der Waals surface area (Å²) in [6, 6.07) is 6.43. The molecule has 1 amide bonds. The minimum absolute atomic E-state index is 0.0106. The van der Waals surface area contributed by atoms with Crippen molar-refractivity contribution in [3.63, 3.8) is 0 Å². The molecule has 9 heteroatoms. The Morgan fingerprint density at radius 3 is 2.68 bits per heavy atom. The number of hydrogen-bond donors (Lipinski definition) is 0. The Kier molecular flexibility index (Phi) is 4.75. The van der Waals surface area contributed by atoms with E-state index in [1.807, 2.05) is 6.07 Å². The quantitative estimate of drug-likeness (QED) is 0.617. The molecule has 1 aliphatic heterocycles. The number of carbonyl (C=O) groups is 1. The Morgan fingerprint density at radius 2 is 2.04 bits per heavy atom. The van der Waals surface area contributed by atoms with Gasteiger partial charge in [-0.1, -0.05) is 12.1 Å². The first-order valence-electron chi connectivity index (χ1n) is 7.88. The van der Waals surface area contributed by atoms with Gasteiger partial charge in [0.1, 0.15) is 12.0 Å². The lowest BCUT2D eigenvalue weighted by Gasteiger charge is -2.34. The fourth-order valence-electron chi connectivity index (χ4n) is 2.96. The third-order valence-corrected chi connectivity index (χ3v) is 4.27. The summed E-state index contributed by atoms with van der Waals surface area (Å²) in [5.41, 5.74) is 0.584. The SMILES string of the molecule is Cn1ncc([N+](=O)[O-])c1C(=O)N1CCN(Cc2cccc(F)c2)CC1. The van der Waals surface area contributed by atoms with Gasteiger partial charge in [-0.15, -0.1) is 0 Å². The highest BCUT2D eigenvalue weighted by Crippen LogP contribution is 2.20. The fraction of sp³-hybridized carbons (Fsp3) is 0.375. The summed E-state index contributed by atoms with van der Waals surface area (Å²) in [5.74, 6) is -0.660. The minimum atomic E-state index is -0.597. The van der Waals surface area contributed by atoms with Crippen molar-refractivity contribution in [3.05, 3.63) is 57.7 Å². The van der Waals surface area contributed by atoms with Gasteiger partial charge in [0, 0.05) is 39.8 Å². The molecule has 1 aromatic carbocycles. The molecule has 0 saturated carbocycles. The molecule has 2 aromatic rings. The molecule has 1 aliphatic rings. The van der Waals surface area contributed by atoms with Crippen LogP contribution < -0.4 is 0 Å². The molecule has 132 valence electrons. The van der Waals surface area contributed by atoms with E-state index in [1.54, 1.807) is 11.0 Å². The Bertz CT molecular complexity index is 799. The second-order valence-corrected chi connectivity index (χ2v) is 5.96. The van der Waals surface area contributed by atoms with Crippen molar-refractivity contribution in [1.29, 1.82) is 0 Å². The summed E-state index contributed by atoms with van der Waals surface area (Å²) in [6.45, 7) is 2.75. The lowest BCUT2D eigenvalue weighted by molar-refractivity contribution is -0.385. The number of piperazine rings is 1. The average molecular weight is 347 g/mol. The molecular weight excluding hydrogens is 329 g/mol. The summed E-state index contributed by atoms with van der Waals surface area (Å²) < 4.78 is 14.5. The van der Waals surface area contributed by atoms with Gasteiger partial charge in [0.05, 0.1) is 4.92 Å². The van der Waals surface area contributed by atoms with Crippen LogP contribution in [0.2, 0.25) is 0 Å². The van der Waals surface area contributed by atoms with E-state index in [1.165, 1.54) is 23.9 Å². The van der Waals surface area contributed by atoms with Gasteiger partial charge in [-0.05, 0) is 17.7 Å². The molecule has 1 fully saturated rings. The van der Waals surface area contributed by atoms with Crippen LogP contribution in [0.25, 0.3) is 0 Å². The molecule has 25 heavy (non-hydrogen) atoms. The van der Waals surface area contributed by atoms with Crippen molar-refractivity contribution < 1.29 is 14.1 Å². The van der Waals surface area contributed by atoms with Crippen molar-refractivity contribution >= 4 is 11.6 Å². The van der Waals surface area contributed by atoms with Gasteiger partial charge in [-0.2, -0.15) is 5.10 Å². The Balaban J connectivity index is 1.63. The minimum Gasteiger partial charge on any atom is -0.335 e. The maximum Gasteiger partial charge on any atom is 0.320 e. The maximum absolute atomic E-state index is 13.3. The van der Waals surface area contributed by atoms with Crippen LogP contribution in [-0.2, 0) is 13.6 Å². The van der Waals surface area contributed by atoms with Crippen LogP contribution in [0, 0.1) is 15.9 Å². The number of aromatic nitrogens is 2. The van der Waals surface area contributed by atoms with Crippen LogP contribution in [0.1, 0.15) is 16.1 Å². The van der Waals surface area contributed by atoms with E-state index in [-0.39, 0.29) is 17.2 Å². The second-order valence-electron chi connectivity index (χ2n) is 5.96. The smallest absolute Gasteiger partial charge is 0.320 e. The molecule has 1 aromatic heterocycles. The number of hydrogen-bond acceptors (Lipinski definition) is 5. The molecule has 0 aliphatic carbocycles. The van der Waals surface area contributed by atoms with Gasteiger partial charge in [-0.25, -0.2) is 4.39 Å². The van der Waals surface area contributed by atoms with Crippen molar-refractivity contribution in [2.75, 3.05) is 26.2 Å². The second kappa shape index (κ2) is 6.98. The van der Waals surface area contributed by atoms with E-state index in [9.17, 15) is 19.3 Å². The van der Waals surface area contributed by atoms with Gasteiger partial charge in [-0.3, -0.25) is 24.5 Å². The predicted molar refractivity (Wildman–Crippen MR) is 87.4 cm³/mol. The zero-order valence-corrected chi connectivity index (χ0v) is 13.8. The van der Waals surface area contributed by atoms with Gasteiger partial charge < -0.3 is 4.90 Å². The van der Waals surface area contributed by atoms with E-state index in [0.29, 0.717) is 32.7 Å². The number of amides is 1.